The monoisotopic (exact) mass is 208 g/mol. The van der Waals surface area contributed by atoms with Crippen LogP contribution in [0, 0.1) is 0 Å². The minimum Gasteiger partial charge on any atom is -0.494 e. The molecule has 0 spiro atoms. The molecule has 1 aromatic rings. The molecular formula is C11H12O4. The highest BCUT2D eigenvalue weighted by molar-refractivity contribution is 5.76. The molecular weight excluding hydrogens is 196 g/mol. The molecule has 0 bridgehead atoms. The molecule has 15 heavy (non-hydrogen) atoms. The number of hydrogen-bond donors (Lipinski definition) is 1. The fourth-order valence-corrected chi connectivity index (χ4v) is 1.47. The average Bonchev–Trinajstić information content (AvgIpc) is 2.99. The fraction of sp³-hybridized carbons (Fsp3) is 0.364. The van der Waals surface area contributed by atoms with Gasteiger partial charge in [0.1, 0.15) is 11.9 Å². The van der Waals surface area contributed by atoms with Gasteiger partial charge in [0, 0.05) is 0 Å². The SMILES string of the molecule is CCOc1ccc(C2OC2C(=O)O)cc1. The Morgan fingerprint density at radius 2 is 2.13 bits per heavy atom. The van der Waals surface area contributed by atoms with Gasteiger partial charge in [0.05, 0.1) is 6.61 Å². The summed E-state index contributed by atoms with van der Waals surface area (Å²) in [5.74, 6) is -0.123. The Balaban J connectivity index is 2.03. The molecule has 0 amide bonds. The second-order valence-electron chi connectivity index (χ2n) is 3.32. The van der Waals surface area contributed by atoms with E-state index >= 15 is 0 Å². The second kappa shape index (κ2) is 3.90. The van der Waals surface area contributed by atoms with Crippen molar-refractivity contribution in [1.82, 2.24) is 0 Å². The van der Waals surface area contributed by atoms with E-state index in [1.165, 1.54) is 0 Å². The zero-order valence-electron chi connectivity index (χ0n) is 8.34. The first-order valence-electron chi connectivity index (χ1n) is 4.83. The van der Waals surface area contributed by atoms with Gasteiger partial charge in [0.2, 0.25) is 0 Å². The molecule has 1 N–H and O–H groups in total. The van der Waals surface area contributed by atoms with Crippen LogP contribution in [-0.2, 0) is 9.53 Å². The van der Waals surface area contributed by atoms with E-state index in [4.69, 9.17) is 14.6 Å². The highest BCUT2D eigenvalue weighted by Crippen LogP contribution is 2.39. The van der Waals surface area contributed by atoms with E-state index in [-0.39, 0.29) is 6.10 Å². The molecule has 4 nitrogen and oxygen atoms in total. The van der Waals surface area contributed by atoms with Crippen molar-refractivity contribution in [1.29, 1.82) is 0 Å². The Labute approximate surface area is 87.4 Å². The van der Waals surface area contributed by atoms with Crippen molar-refractivity contribution >= 4 is 5.97 Å². The lowest BCUT2D eigenvalue weighted by molar-refractivity contribution is -0.138. The van der Waals surface area contributed by atoms with Gasteiger partial charge >= 0.3 is 5.97 Å². The van der Waals surface area contributed by atoms with Gasteiger partial charge in [-0.15, -0.1) is 0 Å². The highest BCUT2D eigenvalue weighted by atomic mass is 16.6. The summed E-state index contributed by atoms with van der Waals surface area (Å²) in [4.78, 5) is 10.6. The van der Waals surface area contributed by atoms with Crippen LogP contribution in [0.15, 0.2) is 24.3 Å². The third kappa shape index (κ3) is 2.10. The van der Waals surface area contributed by atoms with Gasteiger partial charge in [-0.1, -0.05) is 12.1 Å². The Morgan fingerprint density at radius 3 is 2.60 bits per heavy atom. The largest absolute Gasteiger partial charge is 0.494 e. The van der Waals surface area contributed by atoms with Crippen LogP contribution >= 0.6 is 0 Å². The van der Waals surface area contributed by atoms with Crippen LogP contribution in [0.5, 0.6) is 5.75 Å². The lowest BCUT2D eigenvalue weighted by atomic mass is 10.1. The molecule has 2 atom stereocenters. The zero-order chi connectivity index (χ0) is 10.8. The van der Waals surface area contributed by atoms with Crippen molar-refractivity contribution in [2.24, 2.45) is 0 Å². The topological polar surface area (TPSA) is 59.1 Å². The van der Waals surface area contributed by atoms with Crippen LogP contribution in [-0.4, -0.2) is 23.8 Å². The minimum atomic E-state index is -0.908. The maximum atomic E-state index is 10.6. The van der Waals surface area contributed by atoms with Crippen LogP contribution in [0.3, 0.4) is 0 Å². The van der Waals surface area contributed by atoms with Gasteiger partial charge in [0.15, 0.2) is 6.10 Å². The molecule has 1 saturated heterocycles. The molecule has 1 aliphatic heterocycles. The predicted octanol–water partition coefficient (Wildman–Crippen LogP) is 1.61. The number of rotatable bonds is 4. The molecule has 2 rings (SSSR count). The van der Waals surface area contributed by atoms with Gasteiger partial charge in [-0.2, -0.15) is 0 Å². The standard InChI is InChI=1S/C11H12O4/c1-2-14-8-5-3-7(4-6-8)9-10(15-9)11(12)13/h3-6,9-10H,2H2,1H3,(H,12,13). The van der Waals surface area contributed by atoms with Gasteiger partial charge in [-0.3, -0.25) is 0 Å². The number of aliphatic carboxylic acids is 1. The Hall–Kier alpha value is -1.55. The molecule has 1 aliphatic rings. The van der Waals surface area contributed by atoms with E-state index in [0.717, 1.165) is 11.3 Å². The Kier molecular flexibility index (Phi) is 2.60. The molecule has 0 saturated carbocycles. The maximum absolute atomic E-state index is 10.6. The number of carboxylic acids is 1. The number of epoxide rings is 1. The quantitative estimate of drug-likeness (QED) is 0.763. The zero-order valence-corrected chi connectivity index (χ0v) is 8.34. The highest BCUT2D eigenvalue weighted by Gasteiger charge is 2.46. The van der Waals surface area contributed by atoms with Crippen LogP contribution in [0.2, 0.25) is 0 Å². The van der Waals surface area contributed by atoms with E-state index in [2.05, 4.69) is 0 Å². The number of benzene rings is 1. The first-order valence-corrected chi connectivity index (χ1v) is 4.83. The minimum absolute atomic E-state index is 0.293. The Morgan fingerprint density at radius 1 is 1.47 bits per heavy atom. The lowest BCUT2D eigenvalue weighted by Gasteiger charge is -2.02. The fourth-order valence-electron chi connectivity index (χ4n) is 1.47. The van der Waals surface area contributed by atoms with Gasteiger partial charge in [0.25, 0.3) is 0 Å². The van der Waals surface area contributed by atoms with Crippen LogP contribution < -0.4 is 4.74 Å². The van der Waals surface area contributed by atoms with Gasteiger partial charge in [-0.25, -0.2) is 4.79 Å². The molecule has 2 unspecified atom stereocenters. The van der Waals surface area contributed by atoms with Crippen molar-refractivity contribution in [2.45, 2.75) is 19.1 Å². The smallest absolute Gasteiger partial charge is 0.335 e. The van der Waals surface area contributed by atoms with Crippen LogP contribution in [0.1, 0.15) is 18.6 Å². The summed E-state index contributed by atoms with van der Waals surface area (Å²) in [5.41, 5.74) is 0.880. The number of ether oxygens (including phenoxy) is 2. The van der Waals surface area contributed by atoms with Crippen molar-refractivity contribution in [2.75, 3.05) is 6.61 Å². The first-order chi connectivity index (χ1) is 7.22. The third-order valence-electron chi connectivity index (χ3n) is 2.25. The summed E-state index contributed by atoms with van der Waals surface area (Å²) in [7, 11) is 0. The van der Waals surface area contributed by atoms with E-state index < -0.39 is 12.1 Å². The first kappa shape index (κ1) is 9.98. The molecule has 1 fully saturated rings. The van der Waals surface area contributed by atoms with Gasteiger partial charge < -0.3 is 14.6 Å². The Bertz CT molecular complexity index is 357. The van der Waals surface area contributed by atoms with Crippen molar-refractivity contribution in [3.8, 4) is 5.75 Å². The summed E-state index contributed by atoms with van der Waals surface area (Å²) in [5, 5.41) is 8.67. The third-order valence-corrected chi connectivity index (χ3v) is 2.25. The summed E-state index contributed by atoms with van der Waals surface area (Å²) < 4.78 is 10.3. The van der Waals surface area contributed by atoms with E-state index in [1.54, 1.807) is 0 Å². The summed E-state index contributed by atoms with van der Waals surface area (Å²) >= 11 is 0. The second-order valence-corrected chi connectivity index (χ2v) is 3.32. The lowest BCUT2D eigenvalue weighted by Crippen LogP contribution is -2.04. The number of carboxylic acid groups (broad SMARTS) is 1. The molecule has 1 aromatic carbocycles. The summed E-state index contributed by atoms with van der Waals surface area (Å²) in [6.45, 7) is 2.54. The number of carbonyl (C=O) groups is 1. The molecule has 0 aromatic heterocycles. The van der Waals surface area contributed by atoms with Crippen LogP contribution in [0.4, 0.5) is 0 Å². The van der Waals surface area contributed by atoms with Crippen LogP contribution in [0.25, 0.3) is 0 Å². The summed E-state index contributed by atoms with van der Waals surface area (Å²) in [6, 6.07) is 7.30. The van der Waals surface area contributed by atoms with E-state index in [1.807, 2.05) is 31.2 Å². The molecule has 80 valence electrons. The van der Waals surface area contributed by atoms with Crippen molar-refractivity contribution in [3.05, 3.63) is 29.8 Å². The van der Waals surface area contributed by atoms with E-state index in [9.17, 15) is 4.79 Å². The van der Waals surface area contributed by atoms with E-state index in [0.29, 0.717) is 6.61 Å². The maximum Gasteiger partial charge on any atom is 0.335 e. The molecule has 0 radical (unpaired) electrons. The average molecular weight is 208 g/mol. The molecule has 0 aliphatic carbocycles. The molecule has 1 heterocycles. The predicted molar refractivity (Wildman–Crippen MR) is 52.9 cm³/mol. The van der Waals surface area contributed by atoms with Crippen molar-refractivity contribution < 1.29 is 19.4 Å². The van der Waals surface area contributed by atoms with Gasteiger partial charge in [-0.05, 0) is 24.6 Å². The summed E-state index contributed by atoms with van der Waals surface area (Å²) in [6.07, 6.45) is -0.971. The number of hydrogen-bond acceptors (Lipinski definition) is 3. The van der Waals surface area contributed by atoms with Crippen molar-refractivity contribution in [3.63, 3.8) is 0 Å². The molecule has 4 heteroatoms. The normalized spacial score (nSPS) is 23.5.